The summed E-state index contributed by atoms with van der Waals surface area (Å²) < 4.78 is 4.81. The molecule has 126 valence electrons. The molecule has 0 radical (unpaired) electrons. The van der Waals surface area contributed by atoms with Gasteiger partial charge in [-0.15, -0.1) is 11.3 Å². The van der Waals surface area contributed by atoms with Crippen molar-refractivity contribution in [2.45, 2.75) is 31.2 Å². The zero-order valence-corrected chi connectivity index (χ0v) is 14.9. The minimum Gasteiger partial charge on any atom is -0.447 e. The number of fused-ring (bicyclic) bond motifs is 3. The van der Waals surface area contributed by atoms with Crippen LogP contribution in [-0.2, 0) is 22.4 Å². The first-order valence-corrected chi connectivity index (χ1v) is 9.79. The molecular formula is C16H17N3O3S2. The van der Waals surface area contributed by atoms with E-state index in [2.05, 4.69) is 16.9 Å². The van der Waals surface area contributed by atoms with Crippen LogP contribution in [0.25, 0.3) is 10.2 Å². The average molecular weight is 363 g/mol. The molecule has 0 bridgehead atoms. The monoisotopic (exact) mass is 363 g/mol. The molecule has 2 aliphatic rings. The van der Waals surface area contributed by atoms with Crippen LogP contribution >= 0.6 is 23.1 Å². The molecule has 1 aliphatic heterocycles. The minimum absolute atomic E-state index is 0.183. The molecule has 1 fully saturated rings. The fourth-order valence-electron chi connectivity index (χ4n) is 3.18. The Labute approximate surface area is 147 Å². The number of aromatic nitrogens is 2. The van der Waals surface area contributed by atoms with Crippen molar-refractivity contribution in [1.29, 1.82) is 0 Å². The molecule has 2 amide bonds. The van der Waals surface area contributed by atoms with Gasteiger partial charge in [-0.2, -0.15) is 0 Å². The van der Waals surface area contributed by atoms with Crippen molar-refractivity contribution in [3.05, 3.63) is 16.8 Å². The Morgan fingerprint density at radius 3 is 3.17 bits per heavy atom. The standard InChI is InChI=1S/C16H17N3O3S2/c1-9-2-3-10-11(6-9)24-15-13(10)14(17-8-18-15)23-7-12(20)19-4-5-22-16(19)21/h8-9H,2-7H2,1H3/t9-/m1/s1. The van der Waals surface area contributed by atoms with Crippen LogP contribution in [-0.4, -0.2) is 45.8 Å². The maximum atomic E-state index is 12.2. The van der Waals surface area contributed by atoms with Crippen LogP contribution in [0, 0.1) is 5.92 Å². The lowest BCUT2D eigenvalue weighted by atomic mass is 9.89. The maximum Gasteiger partial charge on any atom is 0.416 e. The summed E-state index contributed by atoms with van der Waals surface area (Å²) in [5.74, 6) is 0.659. The van der Waals surface area contributed by atoms with E-state index < -0.39 is 6.09 Å². The summed E-state index contributed by atoms with van der Waals surface area (Å²) in [5.41, 5.74) is 1.35. The van der Waals surface area contributed by atoms with Gasteiger partial charge in [-0.3, -0.25) is 4.79 Å². The van der Waals surface area contributed by atoms with Gasteiger partial charge in [0.15, 0.2) is 0 Å². The number of hydrogen-bond donors (Lipinski definition) is 0. The second-order valence-corrected chi connectivity index (χ2v) is 8.21. The molecule has 0 spiro atoms. The van der Waals surface area contributed by atoms with E-state index in [1.54, 1.807) is 17.7 Å². The number of imide groups is 1. The van der Waals surface area contributed by atoms with Crippen LogP contribution < -0.4 is 0 Å². The molecule has 0 saturated carbocycles. The highest BCUT2D eigenvalue weighted by molar-refractivity contribution is 8.00. The molecule has 8 heteroatoms. The summed E-state index contributed by atoms with van der Waals surface area (Å²) in [6.45, 7) is 2.90. The van der Waals surface area contributed by atoms with Crippen LogP contribution in [0.4, 0.5) is 4.79 Å². The van der Waals surface area contributed by atoms with Gasteiger partial charge < -0.3 is 4.74 Å². The van der Waals surface area contributed by atoms with Gasteiger partial charge in [0.2, 0.25) is 5.91 Å². The second kappa shape index (κ2) is 6.33. The quantitative estimate of drug-likeness (QED) is 0.617. The van der Waals surface area contributed by atoms with Crippen LogP contribution in [0.3, 0.4) is 0 Å². The summed E-state index contributed by atoms with van der Waals surface area (Å²) in [6.07, 6.45) is 4.33. The number of nitrogens with zero attached hydrogens (tertiary/aromatic N) is 3. The van der Waals surface area contributed by atoms with Gasteiger partial charge in [-0.1, -0.05) is 18.7 Å². The third-order valence-corrected chi connectivity index (χ3v) is 6.59. The zero-order valence-electron chi connectivity index (χ0n) is 13.3. The second-order valence-electron chi connectivity index (χ2n) is 6.16. The third kappa shape index (κ3) is 2.77. The van der Waals surface area contributed by atoms with Gasteiger partial charge in [0.05, 0.1) is 12.3 Å². The van der Waals surface area contributed by atoms with Crippen molar-refractivity contribution < 1.29 is 14.3 Å². The fourth-order valence-corrected chi connectivity index (χ4v) is 5.50. The number of cyclic esters (lactones) is 1. The van der Waals surface area contributed by atoms with Crippen molar-refractivity contribution in [2.24, 2.45) is 5.92 Å². The fraction of sp³-hybridized carbons (Fsp3) is 0.500. The van der Waals surface area contributed by atoms with Crippen molar-refractivity contribution in [3.63, 3.8) is 0 Å². The van der Waals surface area contributed by atoms with Crippen LogP contribution in [0.2, 0.25) is 0 Å². The molecule has 1 aliphatic carbocycles. The normalized spacial score (nSPS) is 20.3. The SMILES string of the molecule is C[C@@H]1CCc2c(sc3ncnc(SCC(=O)N4CCOC4=O)c23)C1. The van der Waals surface area contributed by atoms with Gasteiger partial charge in [-0.05, 0) is 30.7 Å². The molecule has 4 rings (SSSR count). The summed E-state index contributed by atoms with van der Waals surface area (Å²) in [5, 5.41) is 1.94. The lowest BCUT2D eigenvalue weighted by molar-refractivity contribution is -0.125. The molecule has 2 aromatic heterocycles. The molecule has 0 N–H and O–H groups in total. The smallest absolute Gasteiger partial charge is 0.416 e. The Balaban J connectivity index is 1.58. The van der Waals surface area contributed by atoms with Gasteiger partial charge in [0.1, 0.15) is 22.8 Å². The Morgan fingerprint density at radius 1 is 1.50 bits per heavy atom. The number of amides is 2. The number of thiophene rings is 1. The predicted molar refractivity (Wildman–Crippen MR) is 92.4 cm³/mol. The number of ether oxygens (including phenoxy) is 1. The molecule has 2 aromatic rings. The van der Waals surface area contributed by atoms with E-state index in [1.165, 1.54) is 28.6 Å². The molecular weight excluding hydrogens is 346 g/mol. The highest BCUT2D eigenvalue weighted by atomic mass is 32.2. The van der Waals surface area contributed by atoms with Crippen LogP contribution in [0.5, 0.6) is 0 Å². The van der Waals surface area contributed by atoms with E-state index in [9.17, 15) is 9.59 Å². The Kier molecular flexibility index (Phi) is 4.17. The van der Waals surface area contributed by atoms with E-state index in [0.29, 0.717) is 12.5 Å². The topological polar surface area (TPSA) is 72.4 Å². The molecule has 0 aromatic carbocycles. The Hall–Kier alpha value is -1.67. The number of rotatable bonds is 3. The van der Waals surface area contributed by atoms with Crippen molar-refractivity contribution in [1.82, 2.24) is 14.9 Å². The zero-order chi connectivity index (χ0) is 16.7. The van der Waals surface area contributed by atoms with E-state index >= 15 is 0 Å². The van der Waals surface area contributed by atoms with Crippen molar-refractivity contribution >= 4 is 45.3 Å². The average Bonchev–Trinajstić information content (AvgIpc) is 3.15. The van der Waals surface area contributed by atoms with Gasteiger partial charge >= 0.3 is 6.09 Å². The first-order chi connectivity index (χ1) is 11.6. The summed E-state index contributed by atoms with van der Waals surface area (Å²) in [6, 6.07) is 0. The van der Waals surface area contributed by atoms with Crippen LogP contribution in [0.1, 0.15) is 23.8 Å². The van der Waals surface area contributed by atoms with E-state index in [1.807, 2.05) is 0 Å². The Morgan fingerprint density at radius 2 is 2.38 bits per heavy atom. The molecule has 3 heterocycles. The number of hydrogen-bond acceptors (Lipinski definition) is 7. The lowest BCUT2D eigenvalue weighted by Crippen LogP contribution is -2.33. The Bertz CT molecular complexity index is 820. The third-order valence-electron chi connectivity index (χ3n) is 4.45. The molecule has 6 nitrogen and oxygen atoms in total. The van der Waals surface area contributed by atoms with Gasteiger partial charge in [0.25, 0.3) is 0 Å². The molecule has 24 heavy (non-hydrogen) atoms. The summed E-state index contributed by atoms with van der Waals surface area (Å²) >= 11 is 3.13. The summed E-state index contributed by atoms with van der Waals surface area (Å²) in [4.78, 5) is 36.0. The largest absolute Gasteiger partial charge is 0.447 e. The predicted octanol–water partition coefficient (Wildman–Crippen LogP) is 2.89. The number of carbonyl (C=O) groups excluding carboxylic acids is 2. The highest BCUT2D eigenvalue weighted by Crippen LogP contribution is 2.40. The van der Waals surface area contributed by atoms with Crippen LogP contribution in [0.15, 0.2) is 11.4 Å². The molecule has 1 saturated heterocycles. The van der Waals surface area contributed by atoms with E-state index in [0.717, 1.165) is 33.0 Å². The van der Waals surface area contributed by atoms with Crippen molar-refractivity contribution in [3.8, 4) is 0 Å². The number of thioether (sulfide) groups is 1. The lowest BCUT2D eigenvalue weighted by Gasteiger charge is -2.18. The highest BCUT2D eigenvalue weighted by Gasteiger charge is 2.29. The number of aryl methyl sites for hydroxylation is 1. The van der Waals surface area contributed by atoms with Gasteiger partial charge in [0, 0.05) is 10.3 Å². The first kappa shape index (κ1) is 15.8. The first-order valence-electron chi connectivity index (χ1n) is 7.98. The van der Waals surface area contributed by atoms with Crippen molar-refractivity contribution in [2.75, 3.05) is 18.9 Å². The molecule has 0 unspecified atom stereocenters. The van der Waals surface area contributed by atoms with E-state index in [-0.39, 0.29) is 18.3 Å². The maximum absolute atomic E-state index is 12.2. The van der Waals surface area contributed by atoms with E-state index in [4.69, 9.17) is 4.74 Å². The summed E-state index contributed by atoms with van der Waals surface area (Å²) in [7, 11) is 0. The van der Waals surface area contributed by atoms with Gasteiger partial charge in [-0.25, -0.2) is 19.7 Å². The number of carbonyl (C=O) groups is 2. The molecule has 1 atom stereocenters. The minimum atomic E-state index is -0.546.